The van der Waals surface area contributed by atoms with Crippen LogP contribution in [0.15, 0.2) is 82.6 Å². The van der Waals surface area contributed by atoms with E-state index in [4.69, 9.17) is 17.8 Å². The zero-order chi connectivity index (χ0) is 26.0. The van der Waals surface area contributed by atoms with E-state index < -0.39 is 20.2 Å². The molecule has 0 heterocycles. The van der Waals surface area contributed by atoms with E-state index in [-0.39, 0.29) is 21.3 Å². The molecule has 0 bridgehead atoms. The quantitative estimate of drug-likeness (QED) is 0.195. The third kappa shape index (κ3) is 7.89. The van der Waals surface area contributed by atoms with Gasteiger partial charge in [-0.3, -0.25) is 0 Å². The van der Waals surface area contributed by atoms with Crippen molar-refractivity contribution in [3.05, 3.63) is 72.8 Å². The number of ether oxygens (including phenoxy) is 2. The van der Waals surface area contributed by atoms with Crippen LogP contribution >= 0.6 is 0 Å². The van der Waals surface area contributed by atoms with Crippen LogP contribution in [0.4, 0.5) is 0 Å². The molecule has 0 aliphatic heterocycles. The normalized spacial score (nSPS) is 11.6. The SMILES string of the molecule is CCCCOc1ccc(S(=O)(=O)Oc2cccc(OS(=O)(=O)c3ccc(OCCCC)cc3)c2)cc1. The van der Waals surface area contributed by atoms with Gasteiger partial charge in [-0.25, -0.2) is 0 Å². The van der Waals surface area contributed by atoms with Crippen LogP contribution in [0.2, 0.25) is 0 Å². The maximum absolute atomic E-state index is 12.7. The minimum Gasteiger partial charge on any atom is -0.494 e. The number of rotatable bonds is 14. The van der Waals surface area contributed by atoms with Crippen LogP contribution in [0, 0.1) is 0 Å². The summed E-state index contributed by atoms with van der Waals surface area (Å²) >= 11 is 0. The molecular formula is C26H30O8S2. The minimum absolute atomic E-state index is 0.0643. The molecule has 0 aromatic heterocycles. The molecule has 3 aromatic carbocycles. The van der Waals surface area contributed by atoms with E-state index in [1.807, 2.05) is 13.8 Å². The average Bonchev–Trinajstić information content (AvgIpc) is 2.85. The van der Waals surface area contributed by atoms with Gasteiger partial charge in [-0.1, -0.05) is 32.8 Å². The summed E-state index contributed by atoms with van der Waals surface area (Å²) in [5.41, 5.74) is 0. The highest BCUT2D eigenvalue weighted by Crippen LogP contribution is 2.27. The summed E-state index contributed by atoms with van der Waals surface area (Å²) in [4.78, 5) is -0.129. The lowest BCUT2D eigenvalue weighted by molar-refractivity contribution is 0.309. The topological polar surface area (TPSA) is 105 Å². The van der Waals surface area contributed by atoms with Crippen LogP contribution < -0.4 is 17.8 Å². The molecule has 0 unspecified atom stereocenters. The Kier molecular flexibility index (Phi) is 9.60. The molecule has 0 aliphatic carbocycles. The van der Waals surface area contributed by atoms with Gasteiger partial charge in [-0.15, -0.1) is 0 Å². The Labute approximate surface area is 213 Å². The molecule has 0 N–H and O–H groups in total. The van der Waals surface area contributed by atoms with Gasteiger partial charge in [0.1, 0.15) is 32.8 Å². The van der Waals surface area contributed by atoms with Gasteiger partial charge in [0.15, 0.2) is 0 Å². The molecule has 10 heteroatoms. The van der Waals surface area contributed by atoms with Crippen LogP contribution in [-0.4, -0.2) is 30.0 Å². The summed E-state index contributed by atoms with van der Waals surface area (Å²) in [5.74, 6) is 0.934. The lowest BCUT2D eigenvalue weighted by Gasteiger charge is -2.11. The fourth-order valence-electron chi connectivity index (χ4n) is 3.00. The smallest absolute Gasteiger partial charge is 0.339 e. The predicted molar refractivity (Wildman–Crippen MR) is 136 cm³/mol. The number of benzene rings is 3. The van der Waals surface area contributed by atoms with E-state index in [1.165, 1.54) is 48.5 Å². The molecule has 3 rings (SSSR count). The van der Waals surface area contributed by atoms with Gasteiger partial charge in [0.2, 0.25) is 0 Å². The Morgan fingerprint density at radius 3 is 1.31 bits per heavy atom. The maximum atomic E-state index is 12.7. The molecule has 0 atom stereocenters. The third-order valence-electron chi connectivity index (χ3n) is 4.98. The van der Waals surface area contributed by atoms with Gasteiger partial charge < -0.3 is 17.8 Å². The largest absolute Gasteiger partial charge is 0.494 e. The second kappa shape index (κ2) is 12.6. The van der Waals surface area contributed by atoms with Crippen LogP contribution in [0.1, 0.15) is 39.5 Å². The van der Waals surface area contributed by atoms with Crippen LogP contribution in [0.25, 0.3) is 0 Å². The second-order valence-corrected chi connectivity index (χ2v) is 11.0. The summed E-state index contributed by atoms with van der Waals surface area (Å²) in [6.45, 7) is 5.19. The second-order valence-electron chi connectivity index (χ2n) is 7.90. The van der Waals surface area contributed by atoms with Crippen molar-refractivity contribution in [2.75, 3.05) is 13.2 Å². The molecule has 0 aliphatic rings. The Hall–Kier alpha value is -3.24. The molecule has 0 fully saturated rings. The first-order chi connectivity index (χ1) is 17.2. The summed E-state index contributed by atoms with van der Waals surface area (Å²) < 4.78 is 72.2. The van der Waals surface area contributed by atoms with E-state index in [0.717, 1.165) is 25.7 Å². The van der Waals surface area contributed by atoms with Crippen molar-refractivity contribution in [3.8, 4) is 23.0 Å². The van der Waals surface area contributed by atoms with Crippen molar-refractivity contribution in [3.63, 3.8) is 0 Å². The fourth-order valence-corrected chi connectivity index (χ4v) is 4.85. The molecule has 194 valence electrons. The molecule has 8 nitrogen and oxygen atoms in total. The summed E-state index contributed by atoms with van der Waals surface area (Å²) in [7, 11) is -8.31. The van der Waals surface area contributed by atoms with E-state index in [1.54, 1.807) is 24.3 Å². The van der Waals surface area contributed by atoms with Gasteiger partial charge in [0.05, 0.1) is 13.2 Å². The Morgan fingerprint density at radius 1 is 0.556 bits per heavy atom. The molecule has 0 spiro atoms. The van der Waals surface area contributed by atoms with Gasteiger partial charge in [0, 0.05) is 6.07 Å². The Morgan fingerprint density at radius 2 is 0.944 bits per heavy atom. The molecule has 0 amide bonds. The molecule has 36 heavy (non-hydrogen) atoms. The number of hydrogen-bond acceptors (Lipinski definition) is 8. The first-order valence-electron chi connectivity index (χ1n) is 11.7. The number of hydrogen-bond donors (Lipinski definition) is 0. The lowest BCUT2D eigenvalue weighted by atomic mass is 10.3. The highest BCUT2D eigenvalue weighted by atomic mass is 32.2. The highest BCUT2D eigenvalue weighted by molar-refractivity contribution is 7.87. The van der Waals surface area contributed by atoms with Crippen molar-refractivity contribution < 1.29 is 34.7 Å². The van der Waals surface area contributed by atoms with E-state index in [9.17, 15) is 16.8 Å². The Balaban J connectivity index is 1.67. The first-order valence-corrected chi connectivity index (χ1v) is 14.5. The van der Waals surface area contributed by atoms with Gasteiger partial charge >= 0.3 is 20.2 Å². The standard InChI is InChI=1S/C26H30O8S2/c1-3-5-18-31-21-10-14-25(15-11-21)35(27,28)33-23-8-7-9-24(20-23)34-36(29,30)26-16-12-22(13-17-26)32-19-6-4-2/h7-17,20H,3-6,18-19H2,1-2H3. The van der Waals surface area contributed by atoms with Gasteiger partial charge in [-0.05, 0) is 73.5 Å². The lowest BCUT2D eigenvalue weighted by Crippen LogP contribution is -2.11. The predicted octanol–water partition coefficient (Wildman–Crippen LogP) is 5.58. The van der Waals surface area contributed by atoms with Crippen molar-refractivity contribution in [2.45, 2.75) is 49.3 Å². The van der Waals surface area contributed by atoms with Crippen LogP contribution in [-0.2, 0) is 20.2 Å². The summed E-state index contributed by atoms with van der Waals surface area (Å²) in [6, 6.07) is 17.2. The van der Waals surface area contributed by atoms with Crippen molar-refractivity contribution in [1.29, 1.82) is 0 Å². The van der Waals surface area contributed by atoms with Crippen LogP contribution in [0.5, 0.6) is 23.0 Å². The van der Waals surface area contributed by atoms with E-state index in [2.05, 4.69) is 0 Å². The minimum atomic E-state index is -4.16. The maximum Gasteiger partial charge on any atom is 0.339 e. The van der Waals surface area contributed by atoms with Crippen molar-refractivity contribution in [1.82, 2.24) is 0 Å². The molecule has 3 aromatic rings. The fraction of sp³-hybridized carbons (Fsp3) is 0.308. The zero-order valence-corrected chi connectivity index (χ0v) is 21.9. The summed E-state index contributed by atoms with van der Waals surface area (Å²) in [5, 5.41) is 0. The third-order valence-corrected chi connectivity index (χ3v) is 7.50. The molecule has 0 saturated heterocycles. The van der Waals surface area contributed by atoms with Crippen LogP contribution in [0.3, 0.4) is 0 Å². The van der Waals surface area contributed by atoms with E-state index in [0.29, 0.717) is 24.7 Å². The van der Waals surface area contributed by atoms with E-state index >= 15 is 0 Å². The highest BCUT2D eigenvalue weighted by Gasteiger charge is 2.20. The summed E-state index contributed by atoms with van der Waals surface area (Å²) in [6.07, 6.45) is 3.78. The Bertz CT molecular complexity index is 1220. The van der Waals surface area contributed by atoms with Crippen molar-refractivity contribution >= 4 is 20.2 Å². The zero-order valence-electron chi connectivity index (χ0n) is 20.3. The number of unbranched alkanes of at least 4 members (excludes halogenated alkanes) is 2. The molecule has 0 radical (unpaired) electrons. The van der Waals surface area contributed by atoms with Crippen molar-refractivity contribution in [2.24, 2.45) is 0 Å². The van der Waals surface area contributed by atoms with Gasteiger partial charge in [-0.2, -0.15) is 16.8 Å². The average molecular weight is 535 g/mol. The van der Waals surface area contributed by atoms with Gasteiger partial charge in [0.25, 0.3) is 0 Å². The molecule has 0 saturated carbocycles. The molecular weight excluding hydrogens is 504 g/mol. The monoisotopic (exact) mass is 534 g/mol. The first kappa shape index (κ1) is 27.3.